The Hall–Kier alpha value is -2.07. The number of phenols is 1. The van der Waals surface area contributed by atoms with Gasteiger partial charge in [0.1, 0.15) is 23.4 Å². The van der Waals surface area contributed by atoms with Crippen molar-refractivity contribution in [2.45, 2.75) is 18.6 Å². The number of ether oxygens (including phenoxy) is 1. The Kier molecular flexibility index (Phi) is 2.87. The monoisotopic (exact) mass is 260 g/mol. The quantitative estimate of drug-likeness (QED) is 0.828. The zero-order chi connectivity index (χ0) is 13.4. The third-order valence-electron chi connectivity index (χ3n) is 3.30. The van der Waals surface area contributed by atoms with Gasteiger partial charge in [-0.3, -0.25) is 0 Å². The molecule has 2 aromatic carbocycles. The third kappa shape index (κ3) is 2.27. The number of hydrogen-bond donors (Lipinski definition) is 2. The highest BCUT2D eigenvalue weighted by atomic mass is 19.1. The van der Waals surface area contributed by atoms with Crippen molar-refractivity contribution in [2.24, 2.45) is 0 Å². The van der Waals surface area contributed by atoms with Gasteiger partial charge in [0, 0.05) is 12.0 Å². The molecule has 0 saturated heterocycles. The molecule has 2 N–H and O–H groups in total. The van der Waals surface area contributed by atoms with Gasteiger partial charge in [-0.25, -0.2) is 4.39 Å². The Morgan fingerprint density at radius 2 is 1.84 bits per heavy atom. The lowest BCUT2D eigenvalue weighted by Gasteiger charge is -2.29. The van der Waals surface area contributed by atoms with Crippen LogP contribution in [0.25, 0.3) is 0 Å². The summed E-state index contributed by atoms with van der Waals surface area (Å²) in [4.78, 5) is 0. The van der Waals surface area contributed by atoms with Crippen molar-refractivity contribution in [3.63, 3.8) is 0 Å². The van der Waals surface area contributed by atoms with Crippen molar-refractivity contribution >= 4 is 0 Å². The number of halogens is 1. The minimum absolute atomic E-state index is 0.183. The van der Waals surface area contributed by atoms with Crippen LogP contribution in [0.2, 0.25) is 0 Å². The molecule has 1 aliphatic rings. The first kappa shape index (κ1) is 12.0. The normalized spacial score (nSPS) is 21.6. The lowest BCUT2D eigenvalue weighted by Crippen LogP contribution is -2.19. The molecule has 0 spiro atoms. The van der Waals surface area contributed by atoms with Crippen LogP contribution in [0.15, 0.2) is 42.5 Å². The van der Waals surface area contributed by atoms with Crippen LogP contribution >= 0.6 is 0 Å². The second kappa shape index (κ2) is 4.55. The summed E-state index contributed by atoms with van der Waals surface area (Å²) in [5.74, 6) is 0.297. The molecule has 0 bridgehead atoms. The first-order valence-electron chi connectivity index (χ1n) is 6.06. The fourth-order valence-electron chi connectivity index (χ4n) is 2.31. The predicted octanol–water partition coefficient (Wildman–Crippen LogP) is 3.09. The van der Waals surface area contributed by atoms with Crippen molar-refractivity contribution in [3.05, 3.63) is 59.4 Å². The van der Waals surface area contributed by atoms with E-state index >= 15 is 0 Å². The Bertz CT molecular complexity index is 595. The van der Waals surface area contributed by atoms with E-state index in [9.17, 15) is 14.6 Å². The van der Waals surface area contributed by atoms with Crippen molar-refractivity contribution in [1.29, 1.82) is 0 Å². The molecule has 1 unspecified atom stereocenters. The molecule has 1 heterocycles. The summed E-state index contributed by atoms with van der Waals surface area (Å²) >= 11 is 0. The second-order valence-electron chi connectivity index (χ2n) is 4.63. The summed E-state index contributed by atoms with van der Waals surface area (Å²) in [5.41, 5.74) is 1.35. The van der Waals surface area contributed by atoms with E-state index in [-0.39, 0.29) is 17.7 Å². The highest BCUT2D eigenvalue weighted by Gasteiger charge is 2.28. The number of aliphatic hydroxyl groups excluding tert-OH is 1. The number of benzene rings is 2. The summed E-state index contributed by atoms with van der Waals surface area (Å²) in [6.07, 6.45) is -0.687. The Morgan fingerprint density at radius 3 is 2.58 bits per heavy atom. The molecule has 0 saturated carbocycles. The molecule has 0 fully saturated rings. The van der Waals surface area contributed by atoms with Gasteiger partial charge in [-0.05, 0) is 35.9 Å². The summed E-state index contributed by atoms with van der Waals surface area (Å²) in [7, 11) is 0. The molecule has 3 nitrogen and oxygen atoms in total. The highest BCUT2D eigenvalue weighted by Crippen LogP contribution is 2.41. The van der Waals surface area contributed by atoms with Crippen molar-refractivity contribution in [2.75, 3.05) is 0 Å². The Morgan fingerprint density at radius 1 is 1.11 bits per heavy atom. The first-order chi connectivity index (χ1) is 9.13. The summed E-state index contributed by atoms with van der Waals surface area (Å²) in [6.45, 7) is 0. The minimum atomic E-state index is -0.752. The van der Waals surface area contributed by atoms with E-state index < -0.39 is 6.10 Å². The topological polar surface area (TPSA) is 49.7 Å². The van der Waals surface area contributed by atoms with E-state index in [1.807, 2.05) is 0 Å². The molecular weight excluding hydrogens is 247 g/mol. The van der Waals surface area contributed by atoms with Gasteiger partial charge in [-0.1, -0.05) is 12.1 Å². The maximum atomic E-state index is 13.1. The average Bonchev–Trinajstić information content (AvgIpc) is 2.40. The van der Waals surface area contributed by atoms with Crippen molar-refractivity contribution < 1.29 is 19.3 Å². The van der Waals surface area contributed by atoms with Crippen LogP contribution in [-0.2, 0) is 0 Å². The maximum Gasteiger partial charge on any atom is 0.127 e. The first-order valence-corrected chi connectivity index (χ1v) is 6.06. The van der Waals surface area contributed by atoms with Gasteiger partial charge in [0.15, 0.2) is 0 Å². The predicted molar refractivity (Wildman–Crippen MR) is 67.5 cm³/mol. The number of phenolic OH excluding ortho intramolecular Hbond substituents is 1. The zero-order valence-corrected chi connectivity index (χ0v) is 10.1. The molecule has 0 aromatic heterocycles. The van der Waals surface area contributed by atoms with Gasteiger partial charge in [-0.15, -0.1) is 0 Å². The fourth-order valence-corrected chi connectivity index (χ4v) is 2.31. The average molecular weight is 260 g/mol. The lowest BCUT2D eigenvalue weighted by molar-refractivity contribution is 0.0653. The van der Waals surface area contributed by atoms with E-state index in [1.165, 1.54) is 18.2 Å². The van der Waals surface area contributed by atoms with Gasteiger partial charge in [0.25, 0.3) is 0 Å². The SMILES string of the molecule is Oc1ccc(C2C[C@@H](O)c3cc(F)ccc3O2)cc1. The number of rotatable bonds is 1. The van der Waals surface area contributed by atoms with Crippen LogP contribution in [0.4, 0.5) is 4.39 Å². The van der Waals surface area contributed by atoms with E-state index in [0.29, 0.717) is 17.7 Å². The number of aliphatic hydroxyl groups is 1. The van der Waals surface area contributed by atoms with Gasteiger partial charge in [-0.2, -0.15) is 0 Å². The Labute approximate surface area is 109 Å². The maximum absolute atomic E-state index is 13.1. The van der Waals surface area contributed by atoms with Crippen LogP contribution < -0.4 is 4.74 Å². The van der Waals surface area contributed by atoms with E-state index in [4.69, 9.17) is 4.74 Å². The second-order valence-corrected chi connectivity index (χ2v) is 4.63. The molecule has 1 aliphatic heterocycles. The number of fused-ring (bicyclic) bond motifs is 1. The van der Waals surface area contributed by atoms with E-state index in [0.717, 1.165) is 5.56 Å². The molecule has 0 amide bonds. The van der Waals surface area contributed by atoms with Gasteiger partial charge in [0.05, 0.1) is 6.10 Å². The van der Waals surface area contributed by atoms with Crippen LogP contribution in [0, 0.1) is 5.82 Å². The third-order valence-corrected chi connectivity index (χ3v) is 3.30. The highest BCUT2D eigenvalue weighted by molar-refractivity contribution is 5.39. The summed E-state index contributed by atoms with van der Waals surface area (Å²) in [5, 5.41) is 19.3. The van der Waals surface area contributed by atoms with Gasteiger partial charge >= 0.3 is 0 Å². The summed E-state index contributed by atoms with van der Waals surface area (Å²) in [6, 6.07) is 10.8. The minimum Gasteiger partial charge on any atom is -0.508 e. The van der Waals surface area contributed by atoms with E-state index in [1.54, 1.807) is 24.3 Å². The molecular formula is C15H13FO3. The van der Waals surface area contributed by atoms with Crippen LogP contribution in [-0.4, -0.2) is 10.2 Å². The molecule has 2 aromatic rings. The molecule has 4 heteroatoms. The molecule has 0 aliphatic carbocycles. The summed E-state index contributed by atoms with van der Waals surface area (Å²) < 4.78 is 18.9. The molecule has 98 valence electrons. The standard InChI is InChI=1S/C15H13FO3/c16-10-3-6-14-12(7-10)13(18)8-15(19-14)9-1-4-11(17)5-2-9/h1-7,13,15,17-18H,8H2/t13-,15?/m1/s1. The van der Waals surface area contributed by atoms with Gasteiger partial charge in [0.2, 0.25) is 0 Å². The molecule has 19 heavy (non-hydrogen) atoms. The number of hydrogen-bond acceptors (Lipinski definition) is 3. The molecule has 0 radical (unpaired) electrons. The van der Waals surface area contributed by atoms with Crippen LogP contribution in [0.1, 0.15) is 29.8 Å². The van der Waals surface area contributed by atoms with Crippen molar-refractivity contribution in [1.82, 2.24) is 0 Å². The van der Waals surface area contributed by atoms with Crippen LogP contribution in [0.5, 0.6) is 11.5 Å². The largest absolute Gasteiger partial charge is 0.508 e. The lowest BCUT2D eigenvalue weighted by atomic mass is 9.95. The molecule has 2 atom stereocenters. The van der Waals surface area contributed by atoms with Crippen LogP contribution in [0.3, 0.4) is 0 Å². The molecule has 3 rings (SSSR count). The fraction of sp³-hybridized carbons (Fsp3) is 0.200. The van der Waals surface area contributed by atoms with Crippen molar-refractivity contribution in [3.8, 4) is 11.5 Å². The Balaban J connectivity index is 1.92. The zero-order valence-electron chi connectivity index (χ0n) is 10.1. The van der Waals surface area contributed by atoms with E-state index in [2.05, 4.69) is 0 Å². The smallest absolute Gasteiger partial charge is 0.127 e. The van der Waals surface area contributed by atoms with Gasteiger partial charge < -0.3 is 14.9 Å². The number of aromatic hydroxyl groups is 1.